The maximum Gasteiger partial charge on any atom is 0.322 e. The second kappa shape index (κ2) is 12.6. The highest BCUT2D eigenvalue weighted by molar-refractivity contribution is 7.87. The molecule has 4 rings (SSSR count). The van der Waals surface area contributed by atoms with Crippen molar-refractivity contribution in [2.75, 3.05) is 36.4 Å². The Hall–Kier alpha value is -3.76. The number of aromatic nitrogens is 1. The second-order valence-corrected chi connectivity index (χ2v) is 12.2. The van der Waals surface area contributed by atoms with Crippen LogP contribution in [-0.4, -0.2) is 66.9 Å². The number of anilines is 2. The SMILES string of the molecule is CC(=O)Nc1cccc(-c2csc(C#Cc3ccc(N4CCN(S(=O)(=O)NC(C(=O)O)C(C)C)CC4)cc3)n2)c1. The van der Waals surface area contributed by atoms with Crippen molar-refractivity contribution in [2.45, 2.75) is 26.8 Å². The highest BCUT2D eigenvalue weighted by atomic mass is 32.2. The van der Waals surface area contributed by atoms with Crippen molar-refractivity contribution < 1.29 is 23.1 Å². The summed E-state index contributed by atoms with van der Waals surface area (Å²) in [6.07, 6.45) is 0. The van der Waals surface area contributed by atoms with Gasteiger partial charge in [0, 0.05) is 61.0 Å². The summed E-state index contributed by atoms with van der Waals surface area (Å²) < 4.78 is 29.0. The number of carbonyl (C=O) groups excluding carboxylic acids is 1. The van der Waals surface area contributed by atoms with E-state index in [1.54, 1.807) is 13.8 Å². The third kappa shape index (κ3) is 7.45. The van der Waals surface area contributed by atoms with Crippen LogP contribution in [0.15, 0.2) is 53.9 Å². The monoisotopic (exact) mass is 581 g/mol. The number of rotatable bonds is 8. The quantitative estimate of drug-likeness (QED) is 0.348. The first-order chi connectivity index (χ1) is 19.0. The molecule has 0 radical (unpaired) electrons. The third-order valence-electron chi connectivity index (χ3n) is 6.32. The molecule has 1 aliphatic rings. The highest BCUT2D eigenvalue weighted by Gasteiger charge is 2.32. The zero-order valence-corrected chi connectivity index (χ0v) is 24.1. The van der Waals surface area contributed by atoms with Gasteiger partial charge in [-0.15, -0.1) is 11.3 Å². The van der Waals surface area contributed by atoms with Gasteiger partial charge in [0.15, 0.2) is 5.01 Å². The number of thiazole rings is 1. The molecule has 1 atom stereocenters. The van der Waals surface area contributed by atoms with Crippen molar-refractivity contribution in [1.82, 2.24) is 14.0 Å². The van der Waals surface area contributed by atoms with Crippen molar-refractivity contribution in [1.29, 1.82) is 0 Å². The number of nitrogens with one attached hydrogen (secondary N) is 2. The van der Waals surface area contributed by atoms with Crippen molar-refractivity contribution in [2.24, 2.45) is 5.92 Å². The molecule has 1 unspecified atom stereocenters. The van der Waals surface area contributed by atoms with Gasteiger partial charge in [0.2, 0.25) is 5.91 Å². The Labute approximate surface area is 238 Å². The van der Waals surface area contributed by atoms with Crippen molar-refractivity contribution >= 4 is 44.8 Å². The highest BCUT2D eigenvalue weighted by Crippen LogP contribution is 2.24. The zero-order valence-electron chi connectivity index (χ0n) is 22.4. The first-order valence-electron chi connectivity index (χ1n) is 12.7. The predicted octanol–water partition coefficient (Wildman–Crippen LogP) is 3.23. The van der Waals surface area contributed by atoms with Gasteiger partial charge in [-0.2, -0.15) is 17.4 Å². The van der Waals surface area contributed by atoms with E-state index in [0.29, 0.717) is 23.8 Å². The Bertz CT molecular complexity index is 1530. The lowest BCUT2D eigenvalue weighted by molar-refractivity contribution is -0.140. The van der Waals surface area contributed by atoms with Crippen LogP contribution in [-0.2, 0) is 19.8 Å². The minimum Gasteiger partial charge on any atom is -0.480 e. The summed E-state index contributed by atoms with van der Waals surface area (Å²) in [4.78, 5) is 29.4. The number of carbonyl (C=O) groups is 2. The van der Waals surface area contributed by atoms with E-state index < -0.39 is 22.2 Å². The lowest BCUT2D eigenvalue weighted by atomic mass is 10.1. The molecule has 0 saturated carbocycles. The van der Waals surface area contributed by atoms with Crippen LogP contribution in [0.2, 0.25) is 0 Å². The Morgan fingerprint density at radius 3 is 2.38 bits per heavy atom. The van der Waals surface area contributed by atoms with Gasteiger partial charge in [0.1, 0.15) is 6.04 Å². The summed E-state index contributed by atoms with van der Waals surface area (Å²) in [6.45, 7) is 6.26. The molecule has 12 heteroatoms. The molecule has 2 heterocycles. The van der Waals surface area contributed by atoms with Gasteiger partial charge in [-0.25, -0.2) is 4.98 Å². The Morgan fingerprint density at radius 1 is 1.05 bits per heavy atom. The van der Waals surface area contributed by atoms with Crippen LogP contribution in [0, 0.1) is 17.8 Å². The fourth-order valence-electron chi connectivity index (χ4n) is 4.20. The zero-order chi connectivity index (χ0) is 28.9. The van der Waals surface area contributed by atoms with Gasteiger partial charge in [0.25, 0.3) is 10.2 Å². The molecule has 1 aromatic heterocycles. The molecule has 0 aliphatic carbocycles. The standard InChI is InChI=1S/C28H31N5O5S2/c1-19(2)27(28(35)36)31-40(37,38)33-15-13-32(14-16-33)24-10-7-21(8-11-24)9-12-26-30-25(18-39-26)22-5-4-6-23(17-22)29-20(3)34/h4-8,10-11,17-19,27,31H,13-16H2,1-3H3,(H,29,34)(H,35,36). The summed E-state index contributed by atoms with van der Waals surface area (Å²) in [6, 6.07) is 14.1. The summed E-state index contributed by atoms with van der Waals surface area (Å²) in [5.74, 6) is 4.54. The fraction of sp³-hybridized carbons (Fsp3) is 0.321. The van der Waals surface area contributed by atoms with Crippen LogP contribution >= 0.6 is 11.3 Å². The van der Waals surface area contributed by atoms with Crippen LogP contribution in [0.25, 0.3) is 11.3 Å². The molecular weight excluding hydrogens is 550 g/mol. The summed E-state index contributed by atoms with van der Waals surface area (Å²) >= 11 is 1.45. The normalized spacial score (nSPS) is 14.8. The number of benzene rings is 2. The largest absolute Gasteiger partial charge is 0.480 e. The van der Waals surface area contributed by atoms with E-state index in [4.69, 9.17) is 0 Å². The maximum absolute atomic E-state index is 12.7. The minimum atomic E-state index is -3.91. The molecule has 3 aromatic rings. The predicted molar refractivity (Wildman–Crippen MR) is 156 cm³/mol. The van der Waals surface area contributed by atoms with E-state index in [1.165, 1.54) is 22.6 Å². The number of hydrogen-bond acceptors (Lipinski definition) is 7. The van der Waals surface area contributed by atoms with Gasteiger partial charge in [-0.3, -0.25) is 9.59 Å². The number of piperazine rings is 1. The van der Waals surface area contributed by atoms with E-state index in [-0.39, 0.29) is 24.9 Å². The van der Waals surface area contributed by atoms with Crippen molar-refractivity contribution in [3.63, 3.8) is 0 Å². The van der Waals surface area contributed by atoms with Gasteiger partial charge in [-0.05, 0) is 48.2 Å². The van der Waals surface area contributed by atoms with Gasteiger partial charge < -0.3 is 15.3 Å². The second-order valence-electron chi connectivity index (χ2n) is 9.67. The van der Waals surface area contributed by atoms with Crippen LogP contribution in [0.1, 0.15) is 31.3 Å². The summed E-state index contributed by atoms with van der Waals surface area (Å²) in [5, 5.41) is 14.7. The Balaban J connectivity index is 1.35. The first-order valence-corrected chi connectivity index (χ1v) is 15.0. The topological polar surface area (TPSA) is 132 Å². The molecule has 40 heavy (non-hydrogen) atoms. The van der Waals surface area contributed by atoms with Crippen LogP contribution < -0.4 is 14.9 Å². The van der Waals surface area contributed by atoms with E-state index in [1.807, 2.05) is 53.9 Å². The Kier molecular flexibility index (Phi) is 9.21. The average molecular weight is 582 g/mol. The van der Waals surface area contributed by atoms with Gasteiger partial charge in [0.05, 0.1) is 5.69 Å². The molecule has 210 valence electrons. The lowest BCUT2D eigenvalue weighted by Crippen LogP contribution is -2.55. The van der Waals surface area contributed by atoms with Gasteiger partial charge in [-0.1, -0.05) is 31.9 Å². The molecule has 0 bridgehead atoms. The molecule has 0 spiro atoms. The average Bonchev–Trinajstić information content (AvgIpc) is 3.40. The number of hydrogen-bond donors (Lipinski definition) is 3. The number of amides is 1. The third-order valence-corrected chi connectivity index (χ3v) is 8.67. The fourth-order valence-corrected chi connectivity index (χ4v) is 6.36. The van der Waals surface area contributed by atoms with E-state index in [0.717, 1.165) is 22.5 Å². The van der Waals surface area contributed by atoms with Gasteiger partial charge >= 0.3 is 5.97 Å². The van der Waals surface area contributed by atoms with Crippen molar-refractivity contribution in [3.05, 3.63) is 64.5 Å². The number of carboxylic acids is 1. The molecule has 1 saturated heterocycles. The number of carboxylic acid groups (broad SMARTS) is 1. The summed E-state index contributed by atoms with van der Waals surface area (Å²) in [7, 11) is -3.91. The molecule has 1 fully saturated rings. The van der Waals surface area contributed by atoms with Crippen molar-refractivity contribution in [3.8, 4) is 23.1 Å². The molecular formula is C28H31N5O5S2. The summed E-state index contributed by atoms with van der Waals surface area (Å²) in [5.41, 5.74) is 4.17. The molecule has 1 amide bonds. The molecule has 10 nitrogen and oxygen atoms in total. The van der Waals surface area contributed by atoms with E-state index >= 15 is 0 Å². The maximum atomic E-state index is 12.7. The number of nitrogens with zero attached hydrogens (tertiary/aromatic N) is 3. The van der Waals surface area contributed by atoms with E-state index in [2.05, 4.69) is 31.8 Å². The number of aliphatic carboxylic acids is 1. The smallest absolute Gasteiger partial charge is 0.322 e. The molecule has 2 aromatic carbocycles. The first kappa shape index (κ1) is 29.2. The van der Waals surface area contributed by atoms with Crippen LogP contribution in [0.5, 0.6) is 0 Å². The lowest BCUT2D eigenvalue weighted by Gasteiger charge is -2.36. The molecule has 3 N–H and O–H groups in total. The Morgan fingerprint density at radius 2 is 1.75 bits per heavy atom. The van der Waals surface area contributed by atoms with Crippen LogP contribution in [0.3, 0.4) is 0 Å². The van der Waals surface area contributed by atoms with E-state index in [9.17, 15) is 23.1 Å². The molecule has 1 aliphatic heterocycles. The minimum absolute atomic E-state index is 0.131. The van der Waals surface area contributed by atoms with Crippen LogP contribution in [0.4, 0.5) is 11.4 Å².